The van der Waals surface area contributed by atoms with Crippen LogP contribution >= 0.6 is 0 Å². The van der Waals surface area contributed by atoms with Crippen LogP contribution in [0.3, 0.4) is 0 Å². The minimum Gasteiger partial charge on any atom is -0.459 e. The van der Waals surface area contributed by atoms with Gasteiger partial charge in [-0.2, -0.15) is 0 Å². The molecule has 0 radical (unpaired) electrons. The van der Waals surface area contributed by atoms with Crippen molar-refractivity contribution < 1.29 is 14.3 Å². The van der Waals surface area contributed by atoms with Crippen LogP contribution in [0.2, 0.25) is 0 Å². The maximum absolute atomic E-state index is 11.2. The molecule has 1 N–H and O–H groups in total. The predicted molar refractivity (Wildman–Crippen MR) is 54.8 cm³/mol. The van der Waals surface area contributed by atoms with Crippen molar-refractivity contribution in [2.24, 2.45) is 0 Å². The van der Waals surface area contributed by atoms with Crippen LogP contribution in [0.25, 0.3) is 0 Å². The molecule has 4 nitrogen and oxygen atoms in total. The van der Waals surface area contributed by atoms with Crippen molar-refractivity contribution in [3.05, 3.63) is 0 Å². The molecule has 82 valence electrons. The summed E-state index contributed by atoms with van der Waals surface area (Å²) in [5, 5.41) is 2.78. The Labute approximate surface area is 89.4 Å². The van der Waals surface area contributed by atoms with Crippen molar-refractivity contribution >= 4 is 11.9 Å². The Hall–Kier alpha value is -1.50. The summed E-state index contributed by atoms with van der Waals surface area (Å²) in [6, 6.07) is 0.221. The van der Waals surface area contributed by atoms with Gasteiger partial charge in [-0.05, 0) is 12.8 Å². The van der Waals surface area contributed by atoms with Gasteiger partial charge in [-0.3, -0.25) is 4.79 Å². The number of hydrogen-bond acceptors (Lipinski definition) is 3. The molecular weight excluding hydrogens is 194 g/mol. The monoisotopic (exact) mass is 209 g/mol. The van der Waals surface area contributed by atoms with Gasteiger partial charge in [-0.15, -0.1) is 0 Å². The molecule has 1 aliphatic carbocycles. The fraction of sp³-hybridized carbons (Fsp3) is 0.636. The fourth-order valence-electron chi connectivity index (χ4n) is 1.63. The standard InChI is InChI=1S/C11H15NO3/c1-15-11(14)8-7-10(13)12-9-5-3-2-4-6-9/h9H,2-6H2,1H3,(H,12,13). The Balaban J connectivity index is 2.33. The van der Waals surface area contributed by atoms with Gasteiger partial charge in [0.05, 0.1) is 7.11 Å². The maximum Gasteiger partial charge on any atom is 0.384 e. The molecule has 1 amide bonds. The van der Waals surface area contributed by atoms with Crippen LogP contribution in [-0.2, 0) is 14.3 Å². The molecule has 0 bridgehead atoms. The van der Waals surface area contributed by atoms with Gasteiger partial charge < -0.3 is 10.1 Å². The molecule has 0 atom stereocenters. The lowest BCUT2D eigenvalue weighted by Crippen LogP contribution is -2.35. The van der Waals surface area contributed by atoms with E-state index in [0.717, 1.165) is 25.7 Å². The van der Waals surface area contributed by atoms with E-state index in [4.69, 9.17) is 0 Å². The second-order valence-electron chi connectivity index (χ2n) is 3.55. The van der Waals surface area contributed by atoms with Gasteiger partial charge in [0.25, 0.3) is 5.91 Å². The van der Waals surface area contributed by atoms with E-state index in [1.54, 1.807) is 0 Å². The van der Waals surface area contributed by atoms with Gasteiger partial charge in [0.1, 0.15) is 0 Å². The molecule has 1 aliphatic rings. The molecule has 0 aromatic heterocycles. The van der Waals surface area contributed by atoms with Crippen molar-refractivity contribution in [3.8, 4) is 11.8 Å². The minimum absolute atomic E-state index is 0.221. The molecule has 1 saturated carbocycles. The number of amides is 1. The van der Waals surface area contributed by atoms with Gasteiger partial charge in [0.15, 0.2) is 0 Å². The highest BCUT2D eigenvalue weighted by molar-refractivity contribution is 6.00. The highest BCUT2D eigenvalue weighted by Crippen LogP contribution is 2.16. The molecule has 1 rings (SSSR count). The molecule has 0 unspecified atom stereocenters. The Morgan fingerprint density at radius 1 is 1.20 bits per heavy atom. The number of esters is 1. The Kier molecular flexibility index (Phi) is 4.69. The van der Waals surface area contributed by atoms with E-state index < -0.39 is 11.9 Å². The summed E-state index contributed by atoms with van der Waals surface area (Å²) >= 11 is 0. The van der Waals surface area contributed by atoms with Gasteiger partial charge >= 0.3 is 5.97 Å². The third kappa shape index (κ3) is 4.50. The van der Waals surface area contributed by atoms with Crippen LogP contribution in [0.5, 0.6) is 0 Å². The van der Waals surface area contributed by atoms with Crippen molar-refractivity contribution in [1.29, 1.82) is 0 Å². The number of rotatable bonds is 1. The van der Waals surface area contributed by atoms with Crippen LogP contribution in [0, 0.1) is 11.8 Å². The summed E-state index contributed by atoms with van der Waals surface area (Å²) in [6.07, 6.45) is 5.54. The third-order valence-corrected chi connectivity index (χ3v) is 2.40. The number of ether oxygens (including phenoxy) is 1. The molecule has 15 heavy (non-hydrogen) atoms. The van der Waals surface area contributed by atoms with E-state index in [1.807, 2.05) is 0 Å². The molecule has 0 aromatic carbocycles. The van der Waals surface area contributed by atoms with Crippen LogP contribution in [-0.4, -0.2) is 25.0 Å². The molecule has 4 heteroatoms. The highest BCUT2D eigenvalue weighted by atomic mass is 16.5. The Morgan fingerprint density at radius 3 is 2.47 bits per heavy atom. The average molecular weight is 209 g/mol. The largest absolute Gasteiger partial charge is 0.459 e. The number of hydrogen-bond donors (Lipinski definition) is 1. The third-order valence-electron chi connectivity index (χ3n) is 2.40. The molecule has 1 fully saturated rings. The molecule has 0 spiro atoms. The molecular formula is C11H15NO3. The highest BCUT2D eigenvalue weighted by Gasteiger charge is 2.14. The molecule has 0 heterocycles. The van der Waals surface area contributed by atoms with Crippen LogP contribution in [0.4, 0.5) is 0 Å². The topological polar surface area (TPSA) is 55.4 Å². The minimum atomic E-state index is -0.686. The lowest BCUT2D eigenvalue weighted by Gasteiger charge is -2.21. The van der Waals surface area contributed by atoms with Gasteiger partial charge in [0.2, 0.25) is 0 Å². The lowest BCUT2D eigenvalue weighted by atomic mass is 9.95. The molecule has 0 aromatic rings. The van der Waals surface area contributed by atoms with E-state index >= 15 is 0 Å². The van der Waals surface area contributed by atoms with Crippen molar-refractivity contribution in [1.82, 2.24) is 5.32 Å². The van der Waals surface area contributed by atoms with Crippen molar-refractivity contribution in [3.63, 3.8) is 0 Å². The fourth-order valence-corrected chi connectivity index (χ4v) is 1.63. The number of carbonyl (C=O) groups is 2. The zero-order valence-corrected chi connectivity index (χ0v) is 8.84. The summed E-state index contributed by atoms with van der Waals surface area (Å²) in [7, 11) is 1.23. The Morgan fingerprint density at radius 2 is 1.87 bits per heavy atom. The van der Waals surface area contributed by atoms with E-state index in [0.29, 0.717) is 0 Å². The van der Waals surface area contributed by atoms with Crippen LogP contribution in [0.15, 0.2) is 0 Å². The van der Waals surface area contributed by atoms with Crippen molar-refractivity contribution in [2.45, 2.75) is 38.1 Å². The summed E-state index contributed by atoms with van der Waals surface area (Å²) in [4.78, 5) is 21.9. The maximum atomic E-state index is 11.2. The normalized spacial score (nSPS) is 16.1. The van der Waals surface area contributed by atoms with Crippen LogP contribution in [0.1, 0.15) is 32.1 Å². The predicted octanol–water partition coefficient (Wildman–Crippen LogP) is 0.612. The van der Waals surface area contributed by atoms with E-state index in [9.17, 15) is 9.59 Å². The molecule has 0 saturated heterocycles. The van der Waals surface area contributed by atoms with Gasteiger partial charge in [-0.25, -0.2) is 4.79 Å². The van der Waals surface area contributed by atoms with Gasteiger partial charge in [0, 0.05) is 17.9 Å². The zero-order chi connectivity index (χ0) is 11.1. The van der Waals surface area contributed by atoms with E-state index in [1.165, 1.54) is 13.5 Å². The zero-order valence-electron chi connectivity index (χ0n) is 8.84. The first-order valence-electron chi connectivity index (χ1n) is 5.13. The smallest absolute Gasteiger partial charge is 0.384 e. The lowest BCUT2D eigenvalue weighted by molar-refractivity contribution is -0.134. The number of carbonyl (C=O) groups excluding carboxylic acids is 2. The van der Waals surface area contributed by atoms with Crippen molar-refractivity contribution in [2.75, 3.05) is 7.11 Å². The molecule has 0 aliphatic heterocycles. The summed E-state index contributed by atoms with van der Waals surface area (Å²) in [5.74, 6) is 3.22. The SMILES string of the molecule is COC(=O)C#CC(=O)NC1CCCCC1. The van der Waals surface area contributed by atoms with E-state index in [2.05, 4.69) is 21.9 Å². The second-order valence-corrected chi connectivity index (χ2v) is 3.55. The summed E-state index contributed by atoms with van der Waals surface area (Å²) in [6.45, 7) is 0. The number of nitrogens with one attached hydrogen (secondary N) is 1. The first-order chi connectivity index (χ1) is 7.22. The average Bonchev–Trinajstić information content (AvgIpc) is 2.27. The second kappa shape index (κ2) is 6.07. The van der Waals surface area contributed by atoms with E-state index in [-0.39, 0.29) is 6.04 Å². The Bertz CT molecular complexity index is 295. The summed E-state index contributed by atoms with van der Waals surface area (Å²) < 4.78 is 4.30. The quantitative estimate of drug-likeness (QED) is 0.391. The summed E-state index contributed by atoms with van der Waals surface area (Å²) in [5.41, 5.74) is 0. The number of methoxy groups -OCH3 is 1. The first kappa shape index (κ1) is 11.6. The first-order valence-corrected chi connectivity index (χ1v) is 5.13. The van der Waals surface area contributed by atoms with Gasteiger partial charge in [-0.1, -0.05) is 19.3 Å². The van der Waals surface area contributed by atoms with Crippen LogP contribution < -0.4 is 5.32 Å².